The molecule has 2 aliphatic rings. The number of hydrogen-bond acceptors (Lipinski definition) is 6. The van der Waals surface area contributed by atoms with E-state index in [2.05, 4.69) is 25.1 Å². The zero-order valence-electron chi connectivity index (χ0n) is 15.5. The first kappa shape index (κ1) is 18.6. The van der Waals surface area contributed by atoms with Gasteiger partial charge in [-0.2, -0.15) is 0 Å². The summed E-state index contributed by atoms with van der Waals surface area (Å²) in [5.41, 5.74) is 0.481. The van der Waals surface area contributed by atoms with Crippen molar-refractivity contribution in [3.63, 3.8) is 0 Å². The van der Waals surface area contributed by atoms with Crippen LogP contribution < -0.4 is 0 Å². The summed E-state index contributed by atoms with van der Waals surface area (Å²) in [7, 11) is 0. The fourth-order valence-electron chi connectivity index (χ4n) is 3.10. The average molecular weight is 485 g/mol. The van der Waals surface area contributed by atoms with Gasteiger partial charge in [0.15, 0.2) is 0 Å². The number of thiophene rings is 2. The molecule has 0 atom stereocenters. The fraction of sp³-hybridized carbons (Fsp3) is 0.0909. The zero-order chi connectivity index (χ0) is 20.1. The topological polar surface area (TPSA) is 52.6 Å². The molecular formula is C22H14O4S2Se. The van der Waals surface area contributed by atoms with Gasteiger partial charge in [-0.25, -0.2) is 0 Å². The van der Waals surface area contributed by atoms with Crippen LogP contribution in [0.5, 0.6) is 0 Å². The predicted octanol–water partition coefficient (Wildman–Crippen LogP) is 4.94. The van der Waals surface area contributed by atoms with Crippen LogP contribution in [-0.2, 0) is 19.1 Å². The Hall–Kier alpha value is -2.44. The van der Waals surface area contributed by atoms with E-state index in [4.69, 9.17) is 9.47 Å². The Morgan fingerprint density at radius 2 is 1.31 bits per heavy atom. The SMILES string of the molecule is Cc1ccc(C2=C/C(=C3/C=C(c4ccc(-c5ccc(C)[se]5)s4)OC3=O)C(=O)O2)s1. The number of ether oxygens (including phenoxy) is 2. The zero-order valence-corrected chi connectivity index (χ0v) is 18.8. The van der Waals surface area contributed by atoms with Crippen molar-refractivity contribution in [1.82, 2.24) is 0 Å². The summed E-state index contributed by atoms with van der Waals surface area (Å²) < 4.78 is 13.6. The van der Waals surface area contributed by atoms with E-state index >= 15 is 0 Å². The van der Waals surface area contributed by atoms with Crippen molar-refractivity contribution in [2.45, 2.75) is 13.8 Å². The summed E-state index contributed by atoms with van der Waals surface area (Å²) in [6, 6.07) is 12.2. The van der Waals surface area contributed by atoms with Crippen molar-refractivity contribution in [2.75, 3.05) is 0 Å². The Kier molecular flexibility index (Phi) is 4.56. The maximum absolute atomic E-state index is 12.5. The third kappa shape index (κ3) is 3.40. The maximum atomic E-state index is 12.5. The van der Waals surface area contributed by atoms with E-state index in [0.29, 0.717) is 26.0 Å². The Balaban J connectivity index is 1.49. The van der Waals surface area contributed by atoms with Crippen molar-refractivity contribution < 1.29 is 19.1 Å². The molecule has 0 aliphatic carbocycles. The molecule has 0 spiro atoms. The number of hydrogen-bond donors (Lipinski definition) is 0. The molecule has 2 aliphatic heterocycles. The number of cyclic esters (lactones) is 2. The number of carbonyl (C=O) groups is 2. The normalized spacial score (nSPS) is 18.7. The van der Waals surface area contributed by atoms with Crippen LogP contribution in [-0.4, -0.2) is 26.4 Å². The van der Waals surface area contributed by atoms with Gasteiger partial charge in [0.1, 0.15) is 0 Å². The molecular weight excluding hydrogens is 471 g/mol. The monoisotopic (exact) mass is 486 g/mol. The van der Waals surface area contributed by atoms with Crippen LogP contribution in [0.4, 0.5) is 0 Å². The third-order valence-electron chi connectivity index (χ3n) is 4.50. The second-order valence-electron chi connectivity index (χ2n) is 6.61. The van der Waals surface area contributed by atoms with Gasteiger partial charge in [0.05, 0.1) is 0 Å². The van der Waals surface area contributed by atoms with Crippen molar-refractivity contribution in [1.29, 1.82) is 0 Å². The minimum atomic E-state index is -0.525. The molecule has 0 amide bonds. The molecule has 5 rings (SSSR count). The molecule has 0 fully saturated rings. The summed E-state index contributed by atoms with van der Waals surface area (Å²) >= 11 is 3.48. The van der Waals surface area contributed by atoms with Gasteiger partial charge in [-0.15, -0.1) is 0 Å². The van der Waals surface area contributed by atoms with Crippen LogP contribution in [0.25, 0.3) is 20.8 Å². The Morgan fingerprint density at radius 3 is 1.86 bits per heavy atom. The molecule has 0 aromatic carbocycles. The van der Waals surface area contributed by atoms with Crippen LogP contribution in [0.2, 0.25) is 0 Å². The van der Waals surface area contributed by atoms with E-state index < -0.39 is 11.9 Å². The van der Waals surface area contributed by atoms with Crippen molar-refractivity contribution >= 4 is 60.6 Å². The molecule has 7 heteroatoms. The van der Waals surface area contributed by atoms with Crippen LogP contribution in [0.1, 0.15) is 19.1 Å². The Bertz CT molecular complexity index is 1270. The quantitative estimate of drug-likeness (QED) is 0.300. The Labute approximate surface area is 181 Å². The predicted molar refractivity (Wildman–Crippen MR) is 116 cm³/mol. The first-order chi connectivity index (χ1) is 14.0. The second-order valence-corrected chi connectivity index (χ2v) is 11.7. The van der Waals surface area contributed by atoms with Gasteiger partial charge in [-0.1, -0.05) is 0 Å². The molecule has 3 aromatic rings. The van der Waals surface area contributed by atoms with Gasteiger partial charge in [-0.05, 0) is 13.0 Å². The number of rotatable bonds is 3. The van der Waals surface area contributed by atoms with Crippen LogP contribution in [0.3, 0.4) is 0 Å². The second kappa shape index (κ2) is 7.11. The van der Waals surface area contributed by atoms with Gasteiger partial charge in [0.2, 0.25) is 0 Å². The summed E-state index contributed by atoms with van der Waals surface area (Å²) in [5, 5.41) is 0. The van der Waals surface area contributed by atoms with E-state index in [9.17, 15) is 9.59 Å². The molecule has 0 saturated heterocycles. The van der Waals surface area contributed by atoms with Gasteiger partial charge in [-0.3, -0.25) is 0 Å². The van der Waals surface area contributed by atoms with Crippen molar-refractivity contribution in [3.05, 3.63) is 78.8 Å². The Morgan fingerprint density at radius 1 is 0.724 bits per heavy atom. The summed E-state index contributed by atoms with van der Waals surface area (Å²) in [6.07, 6.45) is 3.27. The van der Waals surface area contributed by atoms with Gasteiger partial charge < -0.3 is 0 Å². The van der Waals surface area contributed by atoms with E-state index in [1.54, 1.807) is 23.5 Å². The average Bonchev–Trinajstić information content (AvgIpc) is 3.46. The molecule has 0 bridgehead atoms. The molecule has 29 heavy (non-hydrogen) atoms. The molecule has 3 aromatic heterocycles. The van der Waals surface area contributed by atoms with E-state index in [1.165, 1.54) is 25.1 Å². The summed E-state index contributed by atoms with van der Waals surface area (Å²) in [6.45, 7) is 4.13. The number of carbonyl (C=O) groups excluding carboxylic acids is 2. The fourth-order valence-corrected chi connectivity index (χ4v) is 6.93. The molecule has 4 nitrogen and oxygen atoms in total. The van der Waals surface area contributed by atoms with Crippen molar-refractivity contribution in [2.24, 2.45) is 0 Å². The molecule has 5 heterocycles. The van der Waals surface area contributed by atoms with Gasteiger partial charge in [0.25, 0.3) is 0 Å². The van der Waals surface area contributed by atoms with Crippen LogP contribution in [0.15, 0.2) is 59.7 Å². The standard InChI is InChI=1S/C22H14O4S2Se/c1-11-3-5-17(27-11)15-9-13(21(23)25-15)14-10-16(26-22(14)24)18-6-7-19(28-18)20-8-4-12(2)29-20/h3-10H,1-2H3/b14-13+. The van der Waals surface area contributed by atoms with E-state index in [1.807, 2.05) is 25.1 Å². The van der Waals surface area contributed by atoms with Gasteiger partial charge >= 0.3 is 164 Å². The third-order valence-corrected chi connectivity index (χ3v) is 9.11. The molecule has 0 unspecified atom stereocenters. The molecule has 0 N–H and O–H groups in total. The van der Waals surface area contributed by atoms with E-state index in [0.717, 1.165) is 14.6 Å². The molecule has 0 saturated carbocycles. The first-order valence-corrected chi connectivity index (χ1v) is 12.2. The number of aryl methyl sites for hydroxylation is 2. The van der Waals surface area contributed by atoms with Crippen molar-refractivity contribution in [3.8, 4) is 9.31 Å². The summed E-state index contributed by atoms with van der Waals surface area (Å²) in [4.78, 5) is 28.9. The first-order valence-electron chi connectivity index (χ1n) is 8.84. The minimum absolute atomic E-state index is 0.240. The van der Waals surface area contributed by atoms with E-state index in [-0.39, 0.29) is 11.1 Å². The van der Waals surface area contributed by atoms with Gasteiger partial charge in [0, 0.05) is 4.88 Å². The molecule has 144 valence electrons. The van der Waals surface area contributed by atoms with Crippen LogP contribution in [0, 0.1) is 13.8 Å². The number of esters is 2. The van der Waals surface area contributed by atoms with Crippen LogP contribution >= 0.6 is 22.7 Å². The summed E-state index contributed by atoms with van der Waals surface area (Å²) in [5.74, 6) is -0.0978. The molecule has 0 radical (unpaired) electrons.